The third-order valence-corrected chi connectivity index (χ3v) is 5.68. The number of anilines is 1. The number of primary amides is 1. The van der Waals surface area contributed by atoms with E-state index >= 15 is 0 Å². The Labute approximate surface area is 188 Å². The number of halogens is 1. The maximum Gasteiger partial charge on any atom is 0.316 e. The molecule has 3 amide bonds. The Morgan fingerprint density at radius 3 is 2.53 bits per heavy atom. The summed E-state index contributed by atoms with van der Waals surface area (Å²) in [5.74, 6) is -0.554. The minimum absolute atomic E-state index is 0.0530. The molecule has 4 rings (SSSR count). The zero-order valence-corrected chi connectivity index (χ0v) is 17.6. The van der Waals surface area contributed by atoms with Gasteiger partial charge >= 0.3 is 6.03 Å². The molecule has 1 aliphatic heterocycles. The summed E-state index contributed by atoms with van der Waals surface area (Å²) in [6.45, 7) is -0.0960. The lowest BCUT2D eigenvalue weighted by molar-refractivity contribution is -0.125. The molecular weight excluding hydrogens is 434 g/mol. The topological polar surface area (TPSA) is 131 Å². The first kappa shape index (κ1) is 21.5. The number of likely N-dealkylation sites (tertiary alicyclic amines) is 1. The summed E-state index contributed by atoms with van der Waals surface area (Å²) < 4.78 is 1.47. The lowest BCUT2D eigenvalue weighted by atomic mass is 9.86. The monoisotopic (exact) mass is 453 g/mol. The Morgan fingerprint density at radius 2 is 1.91 bits per heavy atom. The lowest BCUT2D eigenvalue weighted by Gasteiger charge is -2.36. The first-order valence-electron chi connectivity index (χ1n) is 9.78. The van der Waals surface area contributed by atoms with Gasteiger partial charge in [-0.3, -0.25) is 14.2 Å². The number of aliphatic hydroxyl groups excluding tert-OH is 1. The molecule has 0 spiro atoms. The number of amides is 3. The molecule has 1 saturated heterocycles. The van der Waals surface area contributed by atoms with Crippen molar-refractivity contribution in [2.24, 2.45) is 5.73 Å². The van der Waals surface area contributed by atoms with E-state index in [1.807, 2.05) is 0 Å². The first-order chi connectivity index (χ1) is 15.3. The summed E-state index contributed by atoms with van der Waals surface area (Å²) in [5, 5.41) is 13.3. The van der Waals surface area contributed by atoms with Crippen LogP contribution in [0.5, 0.6) is 0 Å². The lowest BCUT2D eigenvalue weighted by Crippen LogP contribution is -2.54. The molecule has 3 aromatic rings. The number of nitrogens with zero attached hydrogens (tertiary/aromatic N) is 3. The molecule has 1 fully saturated rings. The largest absolute Gasteiger partial charge is 0.391 e. The zero-order valence-electron chi connectivity index (χ0n) is 16.8. The molecule has 1 aliphatic rings. The number of pyridine rings is 2. The van der Waals surface area contributed by atoms with Gasteiger partial charge in [0.2, 0.25) is 0 Å². The van der Waals surface area contributed by atoms with Crippen LogP contribution in [0, 0.1) is 0 Å². The Hall–Kier alpha value is -3.69. The van der Waals surface area contributed by atoms with Gasteiger partial charge in [-0.15, -0.1) is 0 Å². The predicted octanol–water partition coefficient (Wildman–Crippen LogP) is 1.87. The highest BCUT2D eigenvalue weighted by Gasteiger charge is 2.54. The predicted molar refractivity (Wildman–Crippen MR) is 119 cm³/mol. The van der Waals surface area contributed by atoms with E-state index in [4.69, 9.17) is 17.3 Å². The van der Waals surface area contributed by atoms with Crippen molar-refractivity contribution in [1.82, 2.24) is 14.5 Å². The van der Waals surface area contributed by atoms with Crippen LogP contribution in [0.1, 0.15) is 12.0 Å². The molecule has 0 saturated carbocycles. The standard InChI is InChI=1S/C22H20ClN5O4/c23-18-9-4-14(12-25-18)22(11-17(29)13-28(22)21(24)32)20(31)26-15-5-7-16(8-6-15)27-10-2-1-3-19(27)30/h1-10,12,17,29H,11,13H2,(H2,24,32)(H,26,31)/t17-,22-/m1/s1. The van der Waals surface area contributed by atoms with Gasteiger partial charge in [-0.25, -0.2) is 9.78 Å². The summed E-state index contributed by atoms with van der Waals surface area (Å²) >= 11 is 5.89. The second kappa shape index (κ2) is 8.45. The van der Waals surface area contributed by atoms with Gasteiger partial charge in [0.15, 0.2) is 5.54 Å². The molecule has 32 heavy (non-hydrogen) atoms. The average Bonchev–Trinajstić information content (AvgIpc) is 3.14. The van der Waals surface area contributed by atoms with Crippen LogP contribution < -0.4 is 16.6 Å². The molecule has 10 heteroatoms. The van der Waals surface area contributed by atoms with E-state index in [9.17, 15) is 19.5 Å². The molecule has 2 aromatic heterocycles. The van der Waals surface area contributed by atoms with Gasteiger partial charge in [0.1, 0.15) is 5.15 Å². The number of urea groups is 1. The number of hydrogen-bond acceptors (Lipinski definition) is 5. The second-order valence-corrected chi connectivity index (χ2v) is 7.83. The highest BCUT2D eigenvalue weighted by molar-refractivity contribution is 6.29. The van der Waals surface area contributed by atoms with Crippen molar-refractivity contribution >= 4 is 29.2 Å². The number of nitrogens with two attached hydrogens (primary N) is 1. The van der Waals surface area contributed by atoms with E-state index in [-0.39, 0.29) is 23.7 Å². The van der Waals surface area contributed by atoms with Gasteiger partial charge in [0.25, 0.3) is 11.5 Å². The third-order valence-electron chi connectivity index (χ3n) is 5.46. The van der Waals surface area contributed by atoms with E-state index in [1.165, 1.54) is 22.9 Å². The summed E-state index contributed by atoms with van der Waals surface area (Å²) in [6, 6.07) is 13.7. The Morgan fingerprint density at radius 1 is 1.16 bits per heavy atom. The maximum atomic E-state index is 13.5. The molecule has 0 unspecified atom stereocenters. The van der Waals surface area contributed by atoms with Gasteiger partial charge in [-0.2, -0.15) is 0 Å². The van der Waals surface area contributed by atoms with E-state index in [1.54, 1.807) is 48.7 Å². The van der Waals surface area contributed by atoms with Crippen molar-refractivity contribution in [1.29, 1.82) is 0 Å². The zero-order chi connectivity index (χ0) is 22.9. The first-order valence-corrected chi connectivity index (χ1v) is 10.2. The Balaban J connectivity index is 1.68. The quantitative estimate of drug-likeness (QED) is 0.519. The molecule has 4 N–H and O–H groups in total. The van der Waals surface area contributed by atoms with Gasteiger partial charge in [-0.1, -0.05) is 23.7 Å². The summed E-state index contributed by atoms with van der Waals surface area (Å²) in [4.78, 5) is 42.8. The van der Waals surface area contributed by atoms with E-state index in [0.29, 0.717) is 16.9 Å². The molecule has 1 aromatic carbocycles. The molecule has 0 radical (unpaired) electrons. The number of aromatic nitrogens is 2. The molecule has 164 valence electrons. The van der Waals surface area contributed by atoms with Crippen molar-refractivity contribution in [2.45, 2.75) is 18.1 Å². The maximum absolute atomic E-state index is 13.5. The van der Waals surface area contributed by atoms with Crippen molar-refractivity contribution in [3.05, 3.63) is 88.1 Å². The molecule has 0 aliphatic carbocycles. The molecular formula is C22H20ClN5O4. The number of β-amino-alcohol motifs (C(OH)–C–C–N with tert-alkyl or cyclic N) is 1. The van der Waals surface area contributed by atoms with Crippen molar-refractivity contribution in [3.8, 4) is 5.69 Å². The van der Waals surface area contributed by atoms with Gasteiger partial charge in [0.05, 0.1) is 6.10 Å². The van der Waals surface area contributed by atoms with Crippen molar-refractivity contribution in [2.75, 3.05) is 11.9 Å². The fourth-order valence-electron chi connectivity index (χ4n) is 3.98. The molecule has 2 atom stereocenters. The van der Waals surface area contributed by atoms with Crippen LogP contribution in [0.2, 0.25) is 5.15 Å². The molecule has 9 nitrogen and oxygen atoms in total. The number of nitrogens with one attached hydrogen (secondary N) is 1. The number of benzene rings is 1. The van der Waals surface area contributed by atoms with Crippen LogP contribution in [0.3, 0.4) is 0 Å². The highest BCUT2D eigenvalue weighted by atomic mass is 35.5. The summed E-state index contributed by atoms with van der Waals surface area (Å²) in [6.07, 6.45) is 2.03. The minimum atomic E-state index is -1.56. The smallest absolute Gasteiger partial charge is 0.316 e. The summed E-state index contributed by atoms with van der Waals surface area (Å²) in [5.41, 5.74) is 5.25. The van der Waals surface area contributed by atoms with Crippen LogP contribution in [0.4, 0.5) is 10.5 Å². The third kappa shape index (κ3) is 3.83. The Kier molecular flexibility index (Phi) is 5.68. The number of carbonyl (C=O) groups is 2. The van der Waals surface area contributed by atoms with Gasteiger partial charge in [-0.05, 0) is 36.4 Å². The van der Waals surface area contributed by atoms with Gasteiger partial charge < -0.3 is 21.1 Å². The fourth-order valence-corrected chi connectivity index (χ4v) is 4.09. The van der Waals surface area contributed by atoms with E-state index < -0.39 is 23.6 Å². The van der Waals surface area contributed by atoms with Crippen LogP contribution >= 0.6 is 11.6 Å². The Bertz CT molecular complexity index is 1210. The second-order valence-electron chi connectivity index (χ2n) is 7.45. The fraction of sp³-hybridized carbons (Fsp3) is 0.182. The summed E-state index contributed by atoms with van der Waals surface area (Å²) in [7, 11) is 0. The van der Waals surface area contributed by atoms with Crippen LogP contribution in [-0.4, -0.2) is 44.1 Å². The molecule has 0 bridgehead atoms. The van der Waals surface area contributed by atoms with E-state index in [2.05, 4.69) is 10.3 Å². The average molecular weight is 454 g/mol. The van der Waals surface area contributed by atoms with Gasteiger partial charge in [0, 0.05) is 48.4 Å². The number of hydrogen-bond donors (Lipinski definition) is 3. The number of carbonyl (C=O) groups excluding carboxylic acids is 2. The van der Waals surface area contributed by atoms with Crippen LogP contribution in [-0.2, 0) is 10.3 Å². The van der Waals surface area contributed by atoms with Crippen LogP contribution in [0.25, 0.3) is 5.69 Å². The van der Waals surface area contributed by atoms with Crippen molar-refractivity contribution in [3.63, 3.8) is 0 Å². The number of aliphatic hydroxyl groups is 1. The van der Waals surface area contributed by atoms with Crippen molar-refractivity contribution < 1.29 is 14.7 Å². The van der Waals surface area contributed by atoms with E-state index in [0.717, 1.165) is 4.90 Å². The van der Waals surface area contributed by atoms with Crippen LogP contribution in [0.15, 0.2) is 71.8 Å². The highest BCUT2D eigenvalue weighted by Crippen LogP contribution is 2.40. The molecule has 3 heterocycles. The number of rotatable bonds is 4. The SMILES string of the molecule is NC(=O)N1C[C@H](O)C[C@]1(C(=O)Nc1ccc(-n2ccccc2=O)cc1)c1ccc(Cl)nc1. The normalized spacial score (nSPS) is 20.2. The minimum Gasteiger partial charge on any atom is -0.391 e.